The maximum atomic E-state index is 12.4. The van der Waals surface area contributed by atoms with Gasteiger partial charge in [0.1, 0.15) is 5.60 Å². The van der Waals surface area contributed by atoms with Crippen LogP contribution in [0, 0.1) is 5.92 Å². The van der Waals surface area contributed by atoms with Crippen LogP contribution in [0.2, 0.25) is 0 Å². The summed E-state index contributed by atoms with van der Waals surface area (Å²) in [6, 6.07) is 6.43. The highest BCUT2D eigenvalue weighted by Crippen LogP contribution is 2.28. The number of piperidine rings is 1. The Labute approximate surface area is 151 Å². The standard InChI is InChI=1S/C20H31N3O2/c1-20(2,3)25-19(24)23-12-9-16-5-4-6-18(17(16)14-23)22-13-15-7-10-21-11-8-15/h4-6,15,21-22H,7-14H2,1-3H3. The van der Waals surface area contributed by atoms with Gasteiger partial charge < -0.3 is 20.3 Å². The van der Waals surface area contributed by atoms with Gasteiger partial charge in [-0.15, -0.1) is 0 Å². The Balaban J connectivity index is 1.66. The van der Waals surface area contributed by atoms with Gasteiger partial charge in [0, 0.05) is 18.8 Å². The van der Waals surface area contributed by atoms with Crippen LogP contribution in [0.15, 0.2) is 18.2 Å². The van der Waals surface area contributed by atoms with E-state index in [9.17, 15) is 4.79 Å². The highest BCUT2D eigenvalue weighted by Gasteiger charge is 2.27. The number of nitrogens with zero attached hydrogens (tertiary/aromatic N) is 1. The number of anilines is 1. The van der Waals surface area contributed by atoms with Gasteiger partial charge in [-0.1, -0.05) is 12.1 Å². The highest BCUT2D eigenvalue weighted by atomic mass is 16.6. The van der Waals surface area contributed by atoms with Gasteiger partial charge in [0.05, 0.1) is 6.54 Å². The molecule has 0 aliphatic carbocycles. The van der Waals surface area contributed by atoms with E-state index in [1.165, 1.54) is 29.7 Å². The average molecular weight is 345 g/mol. The van der Waals surface area contributed by atoms with Crippen LogP contribution in [0.1, 0.15) is 44.7 Å². The van der Waals surface area contributed by atoms with Gasteiger partial charge in [-0.05, 0) is 76.2 Å². The number of nitrogens with one attached hydrogen (secondary N) is 2. The summed E-state index contributed by atoms with van der Waals surface area (Å²) in [7, 11) is 0. The lowest BCUT2D eigenvalue weighted by molar-refractivity contribution is 0.0224. The molecule has 0 spiro atoms. The second kappa shape index (κ2) is 7.65. The maximum Gasteiger partial charge on any atom is 0.410 e. The normalized spacial score (nSPS) is 18.6. The number of ether oxygens (including phenoxy) is 1. The molecule has 0 atom stereocenters. The predicted molar refractivity (Wildman–Crippen MR) is 101 cm³/mol. The summed E-state index contributed by atoms with van der Waals surface area (Å²) in [6.45, 7) is 10.3. The van der Waals surface area contributed by atoms with Crippen molar-refractivity contribution in [3.63, 3.8) is 0 Å². The van der Waals surface area contributed by atoms with E-state index in [2.05, 4.69) is 28.8 Å². The Morgan fingerprint density at radius 1 is 1.32 bits per heavy atom. The molecule has 2 aliphatic rings. The molecule has 0 bridgehead atoms. The number of hydrogen-bond donors (Lipinski definition) is 2. The highest BCUT2D eigenvalue weighted by molar-refractivity contribution is 5.69. The lowest BCUT2D eigenvalue weighted by atomic mass is 9.96. The molecule has 1 aromatic carbocycles. The van der Waals surface area contributed by atoms with Crippen LogP contribution in [-0.2, 0) is 17.7 Å². The smallest absolute Gasteiger partial charge is 0.410 e. The van der Waals surface area contributed by atoms with Crippen molar-refractivity contribution in [2.45, 2.75) is 52.2 Å². The first-order chi connectivity index (χ1) is 11.9. The number of rotatable bonds is 3. The number of fused-ring (bicyclic) bond motifs is 1. The minimum atomic E-state index is -0.454. The number of carbonyl (C=O) groups excluding carboxylic acids is 1. The molecule has 1 amide bonds. The molecule has 5 nitrogen and oxygen atoms in total. The molecule has 1 aromatic rings. The molecule has 0 aromatic heterocycles. The first-order valence-corrected chi connectivity index (χ1v) is 9.45. The molecular formula is C20H31N3O2. The molecule has 0 radical (unpaired) electrons. The van der Waals surface area contributed by atoms with E-state index in [-0.39, 0.29) is 6.09 Å². The maximum absolute atomic E-state index is 12.4. The van der Waals surface area contributed by atoms with E-state index in [1.807, 2.05) is 25.7 Å². The van der Waals surface area contributed by atoms with Crippen LogP contribution < -0.4 is 10.6 Å². The summed E-state index contributed by atoms with van der Waals surface area (Å²) in [6.07, 6.45) is 3.13. The minimum absolute atomic E-state index is 0.216. The summed E-state index contributed by atoms with van der Waals surface area (Å²) in [5.41, 5.74) is 3.30. The van der Waals surface area contributed by atoms with Gasteiger partial charge in [0.2, 0.25) is 0 Å². The van der Waals surface area contributed by atoms with Crippen LogP contribution in [0.3, 0.4) is 0 Å². The topological polar surface area (TPSA) is 53.6 Å². The molecule has 2 heterocycles. The molecule has 1 fully saturated rings. The van der Waals surface area contributed by atoms with Crippen molar-refractivity contribution < 1.29 is 9.53 Å². The van der Waals surface area contributed by atoms with Gasteiger partial charge in [0.15, 0.2) is 0 Å². The van der Waals surface area contributed by atoms with Crippen LogP contribution in [0.5, 0.6) is 0 Å². The molecule has 3 rings (SSSR count). The van der Waals surface area contributed by atoms with E-state index in [1.54, 1.807) is 0 Å². The van der Waals surface area contributed by atoms with Crippen LogP contribution in [0.4, 0.5) is 10.5 Å². The van der Waals surface area contributed by atoms with Gasteiger partial charge in [-0.2, -0.15) is 0 Å². The first kappa shape index (κ1) is 18.1. The fourth-order valence-electron chi connectivity index (χ4n) is 3.57. The van der Waals surface area contributed by atoms with Gasteiger partial charge in [0.25, 0.3) is 0 Å². The van der Waals surface area contributed by atoms with Crippen LogP contribution in [0.25, 0.3) is 0 Å². The quantitative estimate of drug-likeness (QED) is 0.882. The zero-order valence-electron chi connectivity index (χ0n) is 15.7. The summed E-state index contributed by atoms with van der Waals surface area (Å²) in [4.78, 5) is 14.2. The Hall–Kier alpha value is -1.75. The molecule has 2 N–H and O–H groups in total. The van der Waals surface area contributed by atoms with E-state index < -0.39 is 5.60 Å². The second-order valence-corrected chi connectivity index (χ2v) is 8.17. The Bertz CT molecular complexity index is 603. The number of hydrogen-bond acceptors (Lipinski definition) is 4. The third-order valence-electron chi connectivity index (χ3n) is 4.96. The Kier molecular flexibility index (Phi) is 5.52. The fraction of sp³-hybridized carbons (Fsp3) is 0.650. The monoisotopic (exact) mass is 345 g/mol. The Morgan fingerprint density at radius 3 is 2.80 bits per heavy atom. The molecule has 2 aliphatic heterocycles. The number of amides is 1. The van der Waals surface area contributed by atoms with Crippen molar-refractivity contribution in [2.24, 2.45) is 5.92 Å². The molecule has 0 saturated carbocycles. The third kappa shape index (κ3) is 4.88. The molecule has 5 heteroatoms. The van der Waals surface area contributed by atoms with Gasteiger partial charge in [-0.3, -0.25) is 0 Å². The van der Waals surface area contributed by atoms with Crippen molar-refractivity contribution in [1.82, 2.24) is 10.2 Å². The van der Waals surface area contributed by atoms with E-state index in [4.69, 9.17) is 4.74 Å². The average Bonchev–Trinajstić information content (AvgIpc) is 2.59. The molecule has 0 unspecified atom stereocenters. The zero-order valence-corrected chi connectivity index (χ0v) is 15.7. The Morgan fingerprint density at radius 2 is 2.08 bits per heavy atom. The summed E-state index contributed by atoms with van der Waals surface area (Å²) in [5, 5.41) is 7.06. The van der Waals surface area contributed by atoms with Crippen LogP contribution in [-0.4, -0.2) is 42.8 Å². The van der Waals surface area contributed by atoms with Crippen molar-refractivity contribution >= 4 is 11.8 Å². The van der Waals surface area contributed by atoms with Crippen molar-refractivity contribution in [2.75, 3.05) is 31.5 Å². The second-order valence-electron chi connectivity index (χ2n) is 8.17. The van der Waals surface area contributed by atoms with Gasteiger partial charge in [-0.25, -0.2) is 4.79 Å². The largest absolute Gasteiger partial charge is 0.444 e. The lowest BCUT2D eigenvalue weighted by Gasteiger charge is -2.32. The fourth-order valence-corrected chi connectivity index (χ4v) is 3.57. The number of carbonyl (C=O) groups is 1. The zero-order chi connectivity index (χ0) is 17.9. The van der Waals surface area contributed by atoms with E-state index >= 15 is 0 Å². The van der Waals surface area contributed by atoms with Crippen molar-refractivity contribution in [3.8, 4) is 0 Å². The molecule has 138 valence electrons. The van der Waals surface area contributed by atoms with Crippen molar-refractivity contribution in [1.29, 1.82) is 0 Å². The molecular weight excluding hydrogens is 314 g/mol. The minimum Gasteiger partial charge on any atom is -0.444 e. The third-order valence-corrected chi connectivity index (χ3v) is 4.96. The summed E-state index contributed by atoms with van der Waals surface area (Å²) < 4.78 is 5.55. The predicted octanol–water partition coefficient (Wildman–Crippen LogP) is 3.39. The summed E-state index contributed by atoms with van der Waals surface area (Å²) >= 11 is 0. The summed E-state index contributed by atoms with van der Waals surface area (Å²) in [5.74, 6) is 0.725. The molecule has 25 heavy (non-hydrogen) atoms. The van der Waals surface area contributed by atoms with Gasteiger partial charge >= 0.3 is 6.09 Å². The van der Waals surface area contributed by atoms with E-state index in [0.717, 1.165) is 38.5 Å². The molecule has 1 saturated heterocycles. The first-order valence-electron chi connectivity index (χ1n) is 9.45. The lowest BCUT2D eigenvalue weighted by Crippen LogP contribution is -2.40. The number of benzene rings is 1. The SMILES string of the molecule is CC(C)(C)OC(=O)N1CCc2cccc(NCC3CCNCC3)c2C1. The van der Waals surface area contributed by atoms with E-state index in [0.29, 0.717) is 6.54 Å². The van der Waals surface area contributed by atoms with Crippen LogP contribution >= 0.6 is 0 Å². The van der Waals surface area contributed by atoms with Crippen molar-refractivity contribution in [3.05, 3.63) is 29.3 Å².